The molecule has 3 nitrogen and oxygen atoms in total. The summed E-state index contributed by atoms with van der Waals surface area (Å²) in [6.45, 7) is 0. The zero-order valence-electron chi connectivity index (χ0n) is 9.86. The van der Waals surface area contributed by atoms with Gasteiger partial charge in [-0.05, 0) is 46.4 Å². The van der Waals surface area contributed by atoms with Gasteiger partial charge in [-0.2, -0.15) is 8.42 Å². The summed E-state index contributed by atoms with van der Waals surface area (Å²) in [6, 6.07) is 16.1. The largest absolute Gasteiger partial charge is 0.378 e. The molecule has 0 unspecified atom stereocenters. The number of hydrogen-bond donors (Lipinski definition) is 0. The summed E-state index contributed by atoms with van der Waals surface area (Å²) in [5.74, 6) is 0.334. The van der Waals surface area contributed by atoms with Gasteiger partial charge in [0.1, 0.15) is 0 Å². The minimum atomic E-state index is -3.74. The molecule has 0 heterocycles. The molecule has 0 spiro atoms. The smallest absolute Gasteiger partial charge is 0.332 e. The van der Waals surface area contributed by atoms with Gasteiger partial charge in [0, 0.05) is 0 Å². The van der Waals surface area contributed by atoms with E-state index in [1.165, 1.54) is 6.08 Å². The Bertz CT molecular complexity index is 679. The molecule has 2 aromatic carbocycles. The Morgan fingerprint density at radius 2 is 1.58 bits per heavy atom. The van der Waals surface area contributed by atoms with Gasteiger partial charge < -0.3 is 4.18 Å². The van der Waals surface area contributed by atoms with Crippen molar-refractivity contribution in [3.8, 4) is 5.75 Å². The van der Waals surface area contributed by atoms with Gasteiger partial charge >= 0.3 is 10.1 Å². The maximum Gasteiger partial charge on any atom is 0.332 e. The van der Waals surface area contributed by atoms with E-state index in [4.69, 9.17) is 4.18 Å². The fraction of sp³-hybridized carbons (Fsp3) is 0. The molecule has 0 N–H and O–H groups in total. The molecule has 0 aliphatic heterocycles. The molecular weight excluding hydrogens is 375 g/mol. The predicted octanol–water partition coefficient (Wildman–Crippen LogP) is 3.67. The van der Waals surface area contributed by atoms with E-state index in [0.717, 1.165) is 14.5 Å². The highest BCUT2D eigenvalue weighted by atomic mass is 127. The second kappa shape index (κ2) is 6.21. The van der Waals surface area contributed by atoms with Crippen LogP contribution in [-0.2, 0) is 10.1 Å². The summed E-state index contributed by atoms with van der Waals surface area (Å²) in [5.41, 5.74) is 0.803. The molecule has 0 saturated carbocycles. The lowest BCUT2D eigenvalue weighted by molar-refractivity contribution is 0.495. The highest BCUT2D eigenvalue weighted by molar-refractivity contribution is 14.1. The van der Waals surface area contributed by atoms with Crippen LogP contribution in [0.4, 0.5) is 0 Å². The van der Waals surface area contributed by atoms with Crippen molar-refractivity contribution in [2.24, 2.45) is 0 Å². The number of para-hydroxylation sites is 1. The molecule has 5 heteroatoms. The molecule has 0 saturated heterocycles. The Labute approximate surface area is 126 Å². The Morgan fingerprint density at radius 3 is 2.26 bits per heavy atom. The van der Waals surface area contributed by atoms with Crippen molar-refractivity contribution in [2.45, 2.75) is 0 Å². The fourth-order valence-corrected chi connectivity index (χ4v) is 2.81. The van der Waals surface area contributed by atoms with Crippen LogP contribution in [0.1, 0.15) is 5.56 Å². The van der Waals surface area contributed by atoms with Crippen LogP contribution in [0.15, 0.2) is 60.0 Å². The van der Waals surface area contributed by atoms with Crippen LogP contribution in [0.25, 0.3) is 6.08 Å². The van der Waals surface area contributed by atoms with Gasteiger partial charge in [-0.1, -0.05) is 42.5 Å². The second-order valence-electron chi connectivity index (χ2n) is 3.72. The summed E-state index contributed by atoms with van der Waals surface area (Å²) < 4.78 is 29.4. The molecule has 0 fully saturated rings. The first-order chi connectivity index (χ1) is 9.07. The molecule has 2 rings (SSSR count). The summed E-state index contributed by atoms with van der Waals surface area (Å²) >= 11 is 2.03. The molecular formula is C14H11IO3S. The summed E-state index contributed by atoms with van der Waals surface area (Å²) in [6.07, 6.45) is 1.51. The fourth-order valence-electron chi connectivity index (χ4n) is 1.39. The van der Waals surface area contributed by atoms with Gasteiger partial charge in [-0.25, -0.2) is 0 Å². The topological polar surface area (TPSA) is 43.4 Å². The molecule has 0 atom stereocenters. The van der Waals surface area contributed by atoms with E-state index in [9.17, 15) is 8.42 Å². The van der Waals surface area contributed by atoms with E-state index in [1.54, 1.807) is 18.2 Å². The molecule has 2 aromatic rings. The maximum atomic E-state index is 11.8. The molecule has 0 radical (unpaired) electrons. The lowest BCUT2D eigenvalue weighted by Crippen LogP contribution is -2.05. The standard InChI is InChI=1S/C14H11IO3S/c15-13-8-4-5-9-14(13)18-19(16,17)11-10-12-6-2-1-3-7-12/h1-11H/b11-10+. The Balaban J connectivity index is 2.16. The van der Waals surface area contributed by atoms with Crippen LogP contribution in [-0.4, -0.2) is 8.42 Å². The SMILES string of the molecule is O=S(=O)(/C=C/c1ccccc1)Oc1ccccc1I. The number of hydrogen-bond acceptors (Lipinski definition) is 3. The monoisotopic (exact) mass is 386 g/mol. The van der Waals surface area contributed by atoms with E-state index < -0.39 is 10.1 Å². The minimum absolute atomic E-state index is 0.334. The first-order valence-corrected chi connectivity index (χ1v) is 8.04. The van der Waals surface area contributed by atoms with E-state index in [-0.39, 0.29) is 0 Å². The van der Waals surface area contributed by atoms with Crippen molar-refractivity contribution < 1.29 is 12.6 Å². The van der Waals surface area contributed by atoms with Gasteiger partial charge in [0.2, 0.25) is 0 Å². The molecule has 0 aliphatic rings. The quantitative estimate of drug-likeness (QED) is 0.595. The van der Waals surface area contributed by atoms with E-state index in [0.29, 0.717) is 5.75 Å². The van der Waals surface area contributed by atoms with Gasteiger partial charge in [0.15, 0.2) is 5.75 Å². The van der Waals surface area contributed by atoms with Gasteiger partial charge in [0.05, 0.1) is 8.98 Å². The van der Waals surface area contributed by atoms with E-state index in [1.807, 2.05) is 59.0 Å². The van der Waals surface area contributed by atoms with Crippen molar-refractivity contribution in [1.82, 2.24) is 0 Å². The van der Waals surface area contributed by atoms with E-state index >= 15 is 0 Å². The van der Waals surface area contributed by atoms with Crippen molar-refractivity contribution in [1.29, 1.82) is 0 Å². The number of rotatable bonds is 4. The van der Waals surface area contributed by atoms with Crippen molar-refractivity contribution >= 4 is 38.8 Å². The molecule has 0 aliphatic carbocycles. The number of benzene rings is 2. The zero-order chi connectivity index (χ0) is 13.7. The average molecular weight is 386 g/mol. The van der Waals surface area contributed by atoms with Crippen LogP contribution in [0.3, 0.4) is 0 Å². The lowest BCUT2D eigenvalue weighted by atomic mass is 10.2. The first kappa shape index (κ1) is 14.1. The van der Waals surface area contributed by atoms with Gasteiger partial charge in [0.25, 0.3) is 0 Å². The Kier molecular flexibility index (Phi) is 4.60. The van der Waals surface area contributed by atoms with Crippen molar-refractivity contribution in [2.75, 3.05) is 0 Å². The average Bonchev–Trinajstić information content (AvgIpc) is 2.40. The van der Waals surface area contributed by atoms with Gasteiger partial charge in [-0.3, -0.25) is 0 Å². The van der Waals surface area contributed by atoms with Crippen LogP contribution in [0.5, 0.6) is 5.75 Å². The van der Waals surface area contributed by atoms with Crippen LogP contribution >= 0.6 is 22.6 Å². The number of halogens is 1. The Hall–Kier alpha value is -1.34. The lowest BCUT2D eigenvalue weighted by Gasteiger charge is -2.04. The van der Waals surface area contributed by atoms with Crippen LogP contribution in [0, 0.1) is 3.57 Å². The highest BCUT2D eigenvalue weighted by Gasteiger charge is 2.10. The molecule has 19 heavy (non-hydrogen) atoms. The van der Waals surface area contributed by atoms with Crippen molar-refractivity contribution in [3.63, 3.8) is 0 Å². The third-order valence-electron chi connectivity index (χ3n) is 2.27. The second-order valence-corrected chi connectivity index (χ2v) is 6.31. The summed E-state index contributed by atoms with van der Waals surface area (Å²) in [5, 5.41) is 1.06. The maximum absolute atomic E-state index is 11.8. The molecule has 0 amide bonds. The third-order valence-corrected chi connectivity index (χ3v) is 4.04. The first-order valence-electron chi connectivity index (χ1n) is 5.49. The third kappa shape index (κ3) is 4.36. The van der Waals surface area contributed by atoms with Gasteiger partial charge in [-0.15, -0.1) is 0 Å². The minimum Gasteiger partial charge on any atom is -0.378 e. The Morgan fingerprint density at radius 1 is 0.947 bits per heavy atom. The summed E-state index contributed by atoms with van der Waals surface area (Å²) in [4.78, 5) is 0. The van der Waals surface area contributed by atoms with Crippen molar-refractivity contribution in [3.05, 3.63) is 69.1 Å². The molecule has 98 valence electrons. The molecule has 0 aromatic heterocycles. The van der Waals surface area contributed by atoms with E-state index in [2.05, 4.69) is 0 Å². The van der Waals surface area contributed by atoms with Crippen LogP contribution in [0.2, 0.25) is 0 Å². The molecule has 0 bridgehead atoms. The predicted molar refractivity (Wildman–Crippen MR) is 84.2 cm³/mol. The normalized spacial score (nSPS) is 11.6. The zero-order valence-corrected chi connectivity index (χ0v) is 12.8. The highest BCUT2D eigenvalue weighted by Crippen LogP contribution is 2.21. The van der Waals surface area contributed by atoms with Crippen LogP contribution < -0.4 is 4.18 Å². The summed E-state index contributed by atoms with van der Waals surface area (Å²) in [7, 11) is -3.74.